The van der Waals surface area contributed by atoms with Gasteiger partial charge in [-0.25, -0.2) is 8.42 Å². The highest BCUT2D eigenvalue weighted by molar-refractivity contribution is 7.89. The van der Waals surface area contributed by atoms with Crippen LogP contribution in [0.3, 0.4) is 0 Å². The molecule has 0 radical (unpaired) electrons. The third-order valence-electron chi connectivity index (χ3n) is 6.48. The Bertz CT molecular complexity index is 1090. The number of hydrogen-bond acceptors (Lipinski definition) is 4. The van der Waals surface area contributed by atoms with E-state index in [4.69, 9.17) is 0 Å². The summed E-state index contributed by atoms with van der Waals surface area (Å²) in [5.74, 6) is -0.763. The van der Waals surface area contributed by atoms with Gasteiger partial charge in [-0.15, -0.1) is 0 Å². The Morgan fingerprint density at radius 1 is 0.970 bits per heavy atom. The molecule has 7 nitrogen and oxygen atoms in total. The molecule has 176 valence electrons. The Morgan fingerprint density at radius 2 is 1.61 bits per heavy atom. The quantitative estimate of drug-likeness (QED) is 0.697. The minimum absolute atomic E-state index is 0.0710. The second-order valence-electron chi connectivity index (χ2n) is 8.76. The van der Waals surface area contributed by atoms with E-state index < -0.39 is 15.9 Å². The number of aryl methyl sites for hydroxylation is 1. The lowest BCUT2D eigenvalue weighted by Crippen LogP contribution is -2.32. The van der Waals surface area contributed by atoms with Gasteiger partial charge in [0.2, 0.25) is 21.8 Å². The maximum Gasteiger partial charge on any atom is 0.243 e. The molecule has 0 aliphatic carbocycles. The first-order chi connectivity index (χ1) is 15.9. The zero-order chi connectivity index (χ0) is 23.4. The molecule has 0 bridgehead atoms. The van der Waals surface area contributed by atoms with E-state index >= 15 is 0 Å². The van der Waals surface area contributed by atoms with Gasteiger partial charge in [-0.3, -0.25) is 9.59 Å². The van der Waals surface area contributed by atoms with Crippen molar-refractivity contribution in [3.8, 4) is 0 Å². The summed E-state index contributed by atoms with van der Waals surface area (Å²) in [5, 5.41) is 2.84. The van der Waals surface area contributed by atoms with Crippen molar-refractivity contribution in [3.63, 3.8) is 0 Å². The van der Waals surface area contributed by atoms with Crippen molar-refractivity contribution in [1.82, 2.24) is 4.31 Å². The third-order valence-corrected chi connectivity index (χ3v) is 8.39. The van der Waals surface area contributed by atoms with E-state index in [-0.39, 0.29) is 23.1 Å². The number of benzene rings is 2. The highest BCUT2D eigenvalue weighted by atomic mass is 32.2. The molecular weight excluding hydrogens is 438 g/mol. The second-order valence-corrected chi connectivity index (χ2v) is 10.7. The predicted molar refractivity (Wildman–Crippen MR) is 129 cm³/mol. The molecule has 33 heavy (non-hydrogen) atoms. The van der Waals surface area contributed by atoms with E-state index in [0.29, 0.717) is 25.3 Å². The number of amides is 2. The number of sulfonamides is 1. The molecule has 2 aromatic rings. The van der Waals surface area contributed by atoms with Gasteiger partial charge in [0.1, 0.15) is 0 Å². The molecule has 2 amide bonds. The number of anilines is 2. The SMILES string of the molecule is CCc1ccc(N2C[C@H](C(=O)Nc3ccc(S(=O)(=O)N4CCCCCC4)cc3)CC2=O)cc1. The van der Waals surface area contributed by atoms with Crippen LogP contribution in [0.1, 0.15) is 44.6 Å². The van der Waals surface area contributed by atoms with Crippen LogP contribution in [0.2, 0.25) is 0 Å². The fourth-order valence-electron chi connectivity index (χ4n) is 4.43. The van der Waals surface area contributed by atoms with Crippen molar-refractivity contribution in [1.29, 1.82) is 0 Å². The Labute approximate surface area is 195 Å². The molecule has 1 N–H and O–H groups in total. The van der Waals surface area contributed by atoms with Crippen LogP contribution in [0.15, 0.2) is 53.4 Å². The van der Waals surface area contributed by atoms with Gasteiger partial charge in [-0.1, -0.05) is 31.9 Å². The highest BCUT2D eigenvalue weighted by Gasteiger charge is 2.35. The van der Waals surface area contributed by atoms with Gasteiger partial charge in [-0.2, -0.15) is 4.31 Å². The van der Waals surface area contributed by atoms with E-state index in [1.54, 1.807) is 21.3 Å². The molecule has 4 rings (SSSR count). The van der Waals surface area contributed by atoms with Gasteiger partial charge in [0.05, 0.1) is 10.8 Å². The van der Waals surface area contributed by atoms with E-state index in [9.17, 15) is 18.0 Å². The Kier molecular flexibility index (Phi) is 7.14. The fourth-order valence-corrected chi connectivity index (χ4v) is 5.95. The van der Waals surface area contributed by atoms with Gasteiger partial charge in [0.15, 0.2) is 0 Å². The molecule has 2 saturated heterocycles. The molecule has 0 saturated carbocycles. The monoisotopic (exact) mass is 469 g/mol. The Hall–Kier alpha value is -2.71. The average molecular weight is 470 g/mol. The van der Waals surface area contributed by atoms with Crippen LogP contribution < -0.4 is 10.2 Å². The van der Waals surface area contributed by atoms with Crippen LogP contribution in [-0.2, 0) is 26.0 Å². The minimum atomic E-state index is -3.53. The van der Waals surface area contributed by atoms with Gasteiger partial charge in [0.25, 0.3) is 0 Å². The third kappa shape index (κ3) is 5.28. The Balaban J connectivity index is 1.39. The number of hydrogen-bond donors (Lipinski definition) is 1. The van der Waals surface area contributed by atoms with E-state index in [2.05, 4.69) is 12.2 Å². The summed E-state index contributed by atoms with van der Waals surface area (Å²) < 4.78 is 27.4. The van der Waals surface area contributed by atoms with Crippen molar-refractivity contribution in [3.05, 3.63) is 54.1 Å². The zero-order valence-electron chi connectivity index (χ0n) is 19.0. The summed E-state index contributed by atoms with van der Waals surface area (Å²) in [7, 11) is -3.53. The smallest absolute Gasteiger partial charge is 0.243 e. The molecule has 2 aliphatic heterocycles. The first-order valence-corrected chi connectivity index (χ1v) is 13.1. The first-order valence-electron chi connectivity index (χ1n) is 11.7. The molecule has 0 spiro atoms. The topological polar surface area (TPSA) is 86.8 Å². The molecule has 1 atom stereocenters. The number of nitrogens with one attached hydrogen (secondary N) is 1. The van der Waals surface area contributed by atoms with Crippen LogP contribution in [0.25, 0.3) is 0 Å². The van der Waals surface area contributed by atoms with Crippen molar-refractivity contribution < 1.29 is 18.0 Å². The minimum Gasteiger partial charge on any atom is -0.326 e. The lowest BCUT2D eigenvalue weighted by atomic mass is 10.1. The standard InChI is InChI=1S/C25H31N3O4S/c1-2-19-7-11-22(12-8-19)28-18-20(17-24(28)29)25(30)26-21-9-13-23(14-10-21)33(31,32)27-15-5-3-4-6-16-27/h7-14,20H,2-6,15-18H2,1H3,(H,26,30)/t20-/m1/s1. The van der Waals surface area contributed by atoms with Crippen molar-refractivity contribution in [2.24, 2.45) is 5.92 Å². The molecule has 2 fully saturated rings. The van der Waals surface area contributed by atoms with Crippen LogP contribution in [-0.4, -0.2) is 44.2 Å². The van der Waals surface area contributed by atoms with Crippen molar-refractivity contribution >= 4 is 33.2 Å². The van der Waals surface area contributed by atoms with Crippen LogP contribution in [0, 0.1) is 5.92 Å². The predicted octanol–water partition coefficient (Wildman–Crippen LogP) is 3.81. The van der Waals surface area contributed by atoms with Crippen LogP contribution in [0.4, 0.5) is 11.4 Å². The largest absolute Gasteiger partial charge is 0.326 e. The molecular formula is C25H31N3O4S. The molecule has 8 heteroatoms. The first kappa shape index (κ1) is 23.4. The summed E-state index contributed by atoms with van der Waals surface area (Å²) in [6.07, 6.45) is 4.96. The Morgan fingerprint density at radius 3 is 2.21 bits per heavy atom. The van der Waals surface area contributed by atoms with Gasteiger partial charge >= 0.3 is 0 Å². The zero-order valence-corrected chi connectivity index (χ0v) is 19.8. The van der Waals surface area contributed by atoms with Crippen molar-refractivity contribution in [2.45, 2.75) is 50.3 Å². The van der Waals surface area contributed by atoms with Crippen molar-refractivity contribution in [2.75, 3.05) is 29.9 Å². The lowest BCUT2D eigenvalue weighted by Gasteiger charge is -2.20. The highest BCUT2D eigenvalue weighted by Crippen LogP contribution is 2.27. The summed E-state index contributed by atoms with van der Waals surface area (Å²) >= 11 is 0. The molecule has 2 aromatic carbocycles. The molecule has 2 aliphatic rings. The molecule has 0 aromatic heterocycles. The average Bonchev–Trinajstić information content (AvgIpc) is 3.02. The lowest BCUT2D eigenvalue weighted by molar-refractivity contribution is -0.122. The normalized spacial score (nSPS) is 20.0. The van der Waals surface area contributed by atoms with E-state index in [1.807, 2.05) is 24.3 Å². The number of carbonyl (C=O) groups is 2. The number of nitrogens with zero attached hydrogens (tertiary/aromatic N) is 2. The summed E-state index contributed by atoms with van der Waals surface area (Å²) in [6.45, 7) is 3.51. The van der Waals surface area contributed by atoms with E-state index in [0.717, 1.165) is 37.8 Å². The van der Waals surface area contributed by atoms with Crippen LogP contribution in [0.5, 0.6) is 0 Å². The second kappa shape index (κ2) is 10.1. The summed E-state index contributed by atoms with van der Waals surface area (Å²) in [4.78, 5) is 27.2. The van der Waals surface area contributed by atoms with Gasteiger partial charge in [0, 0.05) is 37.4 Å². The molecule has 2 heterocycles. The molecule has 0 unspecified atom stereocenters. The summed E-state index contributed by atoms with van der Waals surface area (Å²) in [5.41, 5.74) is 2.52. The number of rotatable bonds is 6. The maximum atomic E-state index is 12.9. The fraction of sp³-hybridized carbons (Fsp3) is 0.440. The maximum absolute atomic E-state index is 12.9. The van der Waals surface area contributed by atoms with Gasteiger partial charge < -0.3 is 10.2 Å². The van der Waals surface area contributed by atoms with Gasteiger partial charge in [-0.05, 0) is 61.2 Å². The number of carbonyl (C=O) groups excluding carboxylic acids is 2. The van der Waals surface area contributed by atoms with E-state index in [1.165, 1.54) is 17.7 Å². The van der Waals surface area contributed by atoms with Crippen LogP contribution >= 0.6 is 0 Å². The summed E-state index contributed by atoms with van der Waals surface area (Å²) in [6, 6.07) is 14.1.